The van der Waals surface area contributed by atoms with E-state index in [4.69, 9.17) is 13.9 Å². The lowest BCUT2D eigenvalue weighted by Crippen LogP contribution is -1.97. The summed E-state index contributed by atoms with van der Waals surface area (Å²) >= 11 is 0. The van der Waals surface area contributed by atoms with Crippen molar-refractivity contribution in [3.8, 4) is 33.9 Å². The molecule has 0 fully saturated rings. The maximum atomic E-state index is 6.26. The molecular formula is C25H20N4O3. The molecule has 5 rings (SSSR count). The Hall–Kier alpha value is -4.39. The van der Waals surface area contributed by atoms with Gasteiger partial charge in [0.25, 0.3) is 0 Å². The predicted octanol–water partition coefficient (Wildman–Crippen LogP) is 5.71. The average Bonchev–Trinajstić information content (AvgIpc) is 3.25. The van der Waals surface area contributed by atoms with E-state index in [1.165, 1.54) is 6.33 Å². The zero-order chi connectivity index (χ0) is 21.9. The lowest BCUT2D eigenvalue weighted by atomic mass is 9.99. The van der Waals surface area contributed by atoms with Crippen LogP contribution in [-0.2, 0) is 0 Å². The molecule has 0 saturated heterocycles. The smallest absolute Gasteiger partial charge is 0.232 e. The summed E-state index contributed by atoms with van der Waals surface area (Å²) in [5.41, 5.74) is 3.22. The molecule has 32 heavy (non-hydrogen) atoms. The average molecular weight is 424 g/mol. The van der Waals surface area contributed by atoms with Gasteiger partial charge in [0, 0.05) is 17.3 Å². The predicted molar refractivity (Wildman–Crippen MR) is 123 cm³/mol. The Kier molecular flexibility index (Phi) is 5.13. The molecule has 7 nitrogen and oxygen atoms in total. The van der Waals surface area contributed by atoms with Crippen LogP contribution in [0.1, 0.15) is 0 Å². The molecule has 0 radical (unpaired) electrons. The summed E-state index contributed by atoms with van der Waals surface area (Å²) < 4.78 is 16.9. The number of nitrogens with zero attached hydrogens (tertiary/aromatic N) is 3. The minimum absolute atomic E-state index is 0.482. The molecule has 0 bridgehead atoms. The molecule has 2 aromatic carbocycles. The van der Waals surface area contributed by atoms with E-state index in [1.54, 1.807) is 20.4 Å². The van der Waals surface area contributed by atoms with Gasteiger partial charge in [-0.3, -0.25) is 0 Å². The van der Waals surface area contributed by atoms with Crippen molar-refractivity contribution in [2.75, 3.05) is 19.5 Å². The van der Waals surface area contributed by atoms with Crippen LogP contribution in [0.25, 0.3) is 33.6 Å². The molecule has 0 atom stereocenters. The van der Waals surface area contributed by atoms with Gasteiger partial charge in [0.15, 0.2) is 0 Å². The van der Waals surface area contributed by atoms with Crippen LogP contribution < -0.4 is 14.8 Å². The van der Waals surface area contributed by atoms with Crippen LogP contribution in [0.15, 0.2) is 83.7 Å². The van der Waals surface area contributed by atoms with E-state index in [2.05, 4.69) is 20.3 Å². The van der Waals surface area contributed by atoms with Crippen molar-refractivity contribution in [1.29, 1.82) is 0 Å². The Morgan fingerprint density at radius 3 is 2.06 bits per heavy atom. The number of rotatable bonds is 6. The Morgan fingerprint density at radius 1 is 0.750 bits per heavy atom. The maximum Gasteiger partial charge on any atom is 0.232 e. The van der Waals surface area contributed by atoms with Crippen molar-refractivity contribution in [2.24, 2.45) is 0 Å². The van der Waals surface area contributed by atoms with Crippen molar-refractivity contribution in [2.45, 2.75) is 0 Å². The highest BCUT2D eigenvalue weighted by Crippen LogP contribution is 2.43. The first kappa shape index (κ1) is 19.6. The molecule has 0 amide bonds. The first-order valence-electron chi connectivity index (χ1n) is 10.0. The van der Waals surface area contributed by atoms with Crippen molar-refractivity contribution in [3.63, 3.8) is 0 Å². The molecule has 158 valence electrons. The SMILES string of the molecule is COc1ccc(-c2oc3ncnc(Nc4ccccn4)c3c2-c2ccc(OC)cc2)cc1. The van der Waals surface area contributed by atoms with Gasteiger partial charge in [-0.25, -0.2) is 15.0 Å². The van der Waals surface area contributed by atoms with Gasteiger partial charge in [0.2, 0.25) is 5.71 Å². The number of pyridine rings is 1. The minimum atomic E-state index is 0.482. The summed E-state index contributed by atoms with van der Waals surface area (Å²) in [4.78, 5) is 13.2. The van der Waals surface area contributed by atoms with E-state index in [-0.39, 0.29) is 0 Å². The van der Waals surface area contributed by atoms with Gasteiger partial charge < -0.3 is 19.2 Å². The quantitative estimate of drug-likeness (QED) is 0.374. The molecule has 0 spiro atoms. The van der Waals surface area contributed by atoms with Gasteiger partial charge in [-0.1, -0.05) is 18.2 Å². The summed E-state index contributed by atoms with van der Waals surface area (Å²) in [6.45, 7) is 0. The molecule has 7 heteroatoms. The van der Waals surface area contributed by atoms with Gasteiger partial charge in [0.05, 0.1) is 19.6 Å². The van der Waals surface area contributed by atoms with Crippen LogP contribution in [0.2, 0.25) is 0 Å². The second-order valence-corrected chi connectivity index (χ2v) is 7.01. The Morgan fingerprint density at radius 2 is 1.44 bits per heavy atom. The zero-order valence-electron chi connectivity index (χ0n) is 17.6. The summed E-state index contributed by atoms with van der Waals surface area (Å²) in [7, 11) is 3.29. The fourth-order valence-electron chi connectivity index (χ4n) is 3.56. The summed E-state index contributed by atoms with van der Waals surface area (Å²) in [5.74, 6) is 3.53. The number of methoxy groups -OCH3 is 2. The van der Waals surface area contributed by atoms with Crippen LogP contribution in [0, 0.1) is 0 Å². The Bertz CT molecular complexity index is 1350. The van der Waals surface area contributed by atoms with E-state index >= 15 is 0 Å². The number of nitrogens with one attached hydrogen (secondary N) is 1. The molecule has 0 aliphatic heterocycles. The van der Waals surface area contributed by atoms with Crippen molar-refractivity contribution in [1.82, 2.24) is 15.0 Å². The zero-order valence-corrected chi connectivity index (χ0v) is 17.6. The number of fused-ring (bicyclic) bond motifs is 1. The van der Waals surface area contributed by atoms with Crippen molar-refractivity contribution in [3.05, 3.63) is 79.3 Å². The van der Waals surface area contributed by atoms with E-state index in [0.717, 1.165) is 33.6 Å². The summed E-state index contributed by atoms with van der Waals surface area (Å²) in [6, 6.07) is 21.2. The Labute approximate surface area is 184 Å². The minimum Gasteiger partial charge on any atom is -0.497 e. The van der Waals surface area contributed by atoms with Crippen molar-refractivity contribution >= 4 is 22.7 Å². The standard InChI is InChI=1S/C25H20N4O3/c1-30-18-10-6-16(7-11-18)21-22-24(29-20-5-3-4-14-26-20)27-15-28-25(22)32-23(21)17-8-12-19(31-2)13-9-17/h3-15H,1-2H3,(H,26,27,28,29). The number of anilines is 2. The van der Waals surface area contributed by atoms with Gasteiger partial charge in [-0.05, 0) is 54.1 Å². The van der Waals surface area contributed by atoms with Crippen molar-refractivity contribution < 1.29 is 13.9 Å². The number of ether oxygens (including phenoxy) is 2. The van der Waals surface area contributed by atoms with E-state index in [9.17, 15) is 0 Å². The molecule has 0 aliphatic rings. The number of benzene rings is 2. The highest BCUT2D eigenvalue weighted by Gasteiger charge is 2.22. The van der Waals surface area contributed by atoms with E-state index in [1.807, 2.05) is 66.7 Å². The molecule has 5 aromatic rings. The van der Waals surface area contributed by atoms with Gasteiger partial charge in [-0.2, -0.15) is 0 Å². The van der Waals surface area contributed by atoms with Crippen LogP contribution in [-0.4, -0.2) is 29.2 Å². The fraction of sp³-hybridized carbons (Fsp3) is 0.0800. The third kappa shape index (κ3) is 3.60. The first-order valence-corrected chi connectivity index (χ1v) is 10.0. The summed E-state index contributed by atoms with van der Waals surface area (Å²) in [6.07, 6.45) is 3.20. The third-order valence-electron chi connectivity index (χ3n) is 5.13. The highest BCUT2D eigenvalue weighted by molar-refractivity contribution is 6.06. The summed E-state index contributed by atoms with van der Waals surface area (Å²) in [5, 5.41) is 4.07. The molecule has 3 aromatic heterocycles. The van der Waals surface area contributed by atoms with Crippen LogP contribution in [0.4, 0.5) is 11.6 Å². The van der Waals surface area contributed by atoms with Gasteiger partial charge in [-0.15, -0.1) is 0 Å². The second kappa shape index (κ2) is 8.39. The Balaban J connectivity index is 1.74. The molecule has 1 N–H and O–H groups in total. The monoisotopic (exact) mass is 424 g/mol. The number of furan rings is 1. The molecule has 0 saturated carbocycles. The lowest BCUT2D eigenvalue weighted by molar-refractivity contribution is 0.414. The van der Waals surface area contributed by atoms with Crippen LogP contribution in [0.3, 0.4) is 0 Å². The number of hydrogen-bond acceptors (Lipinski definition) is 7. The molecular weight excluding hydrogens is 404 g/mol. The number of aromatic nitrogens is 3. The maximum absolute atomic E-state index is 6.26. The first-order chi connectivity index (χ1) is 15.8. The van der Waals surface area contributed by atoms with Gasteiger partial charge in [0.1, 0.15) is 35.2 Å². The van der Waals surface area contributed by atoms with E-state index < -0.39 is 0 Å². The van der Waals surface area contributed by atoms with Crippen LogP contribution >= 0.6 is 0 Å². The highest BCUT2D eigenvalue weighted by atomic mass is 16.5. The number of hydrogen-bond donors (Lipinski definition) is 1. The fourth-order valence-corrected chi connectivity index (χ4v) is 3.56. The van der Waals surface area contributed by atoms with Gasteiger partial charge >= 0.3 is 0 Å². The van der Waals surface area contributed by atoms with E-state index in [0.29, 0.717) is 23.1 Å². The normalized spacial score (nSPS) is 10.8. The second-order valence-electron chi connectivity index (χ2n) is 7.01. The lowest BCUT2D eigenvalue weighted by Gasteiger charge is -2.09. The molecule has 3 heterocycles. The molecule has 0 unspecified atom stereocenters. The molecule has 0 aliphatic carbocycles. The topological polar surface area (TPSA) is 82.3 Å². The largest absolute Gasteiger partial charge is 0.497 e. The third-order valence-corrected chi connectivity index (χ3v) is 5.13. The van der Waals surface area contributed by atoms with Crippen LogP contribution in [0.5, 0.6) is 11.5 Å².